The second-order valence-corrected chi connectivity index (χ2v) is 7.33. The molecule has 114 valence electrons. The van der Waals surface area contributed by atoms with Crippen LogP contribution in [0.25, 0.3) is 0 Å². The standard InChI is InChI=1S/C16H25BrO3/c1-4-20-14(19)16(3)12-7-5-6-11(10-17)15(12,2)9-8-13(16)18/h11-12H,4-10H2,1-3H3/t11-,12-,15-,16+/m0/s1. The molecule has 2 saturated carbocycles. The van der Waals surface area contributed by atoms with Crippen molar-refractivity contribution in [2.24, 2.45) is 22.7 Å². The number of carbonyl (C=O) groups excluding carboxylic acids is 2. The third kappa shape index (κ3) is 2.24. The lowest BCUT2D eigenvalue weighted by molar-refractivity contribution is -0.176. The molecule has 4 atom stereocenters. The first-order valence-corrected chi connectivity index (χ1v) is 8.79. The van der Waals surface area contributed by atoms with Crippen molar-refractivity contribution in [1.82, 2.24) is 0 Å². The summed E-state index contributed by atoms with van der Waals surface area (Å²) in [7, 11) is 0. The summed E-state index contributed by atoms with van der Waals surface area (Å²) in [6, 6.07) is 0. The van der Waals surface area contributed by atoms with Crippen LogP contribution in [0, 0.1) is 22.7 Å². The first kappa shape index (κ1) is 16.0. The molecule has 0 aromatic heterocycles. The number of carbonyl (C=O) groups is 2. The van der Waals surface area contributed by atoms with Gasteiger partial charge in [-0.25, -0.2) is 0 Å². The van der Waals surface area contributed by atoms with Gasteiger partial charge in [-0.3, -0.25) is 9.59 Å². The molecule has 0 heterocycles. The Morgan fingerprint density at radius 3 is 2.70 bits per heavy atom. The molecule has 0 spiro atoms. The molecule has 0 aliphatic heterocycles. The van der Waals surface area contributed by atoms with Gasteiger partial charge in [0.15, 0.2) is 0 Å². The molecule has 0 aromatic rings. The van der Waals surface area contributed by atoms with Crippen molar-refractivity contribution in [2.75, 3.05) is 11.9 Å². The van der Waals surface area contributed by atoms with Gasteiger partial charge in [0.25, 0.3) is 0 Å². The summed E-state index contributed by atoms with van der Waals surface area (Å²) in [5, 5.41) is 0.951. The van der Waals surface area contributed by atoms with Crippen molar-refractivity contribution in [3.05, 3.63) is 0 Å². The molecule has 0 aromatic carbocycles. The van der Waals surface area contributed by atoms with Gasteiger partial charge in [-0.2, -0.15) is 0 Å². The number of ether oxygens (including phenoxy) is 1. The van der Waals surface area contributed by atoms with Gasteiger partial charge in [-0.1, -0.05) is 29.3 Å². The van der Waals surface area contributed by atoms with Crippen LogP contribution in [0.15, 0.2) is 0 Å². The van der Waals surface area contributed by atoms with Crippen molar-refractivity contribution in [3.8, 4) is 0 Å². The lowest BCUT2D eigenvalue weighted by Crippen LogP contribution is -2.57. The molecule has 0 saturated heterocycles. The SMILES string of the molecule is CCOC(=O)[C@@]1(C)C(=O)CC[C@@]2(C)[C@H](CBr)CCC[C@H]12. The van der Waals surface area contributed by atoms with Gasteiger partial charge in [0.05, 0.1) is 6.61 Å². The Morgan fingerprint density at radius 1 is 1.40 bits per heavy atom. The molecule has 20 heavy (non-hydrogen) atoms. The van der Waals surface area contributed by atoms with Crippen LogP contribution in [0.5, 0.6) is 0 Å². The minimum Gasteiger partial charge on any atom is -0.465 e. The monoisotopic (exact) mass is 344 g/mol. The van der Waals surface area contributed by atoms with E-state index in [4.69, 9.17) is 4.74 Å². The van der Waals surface area contributed by atoms with Crippen molar-refractivity contribution >= 4 is 27.7 Å². The van der Waals surface area contributed by atoms with Crippen LogP contribution in [0.2, 0.25) is 0 Å². The number of alkyl halides is 1. The smallest absolute Gasteiger partial charge is 0.319 e. The molecule has 3 nitrogen and oxygen atoms in total. The molecule has 2 rings (SSSR count). The number of ketones is 1. The molecular formula is C16H25BrO3. The maximum atomic E-state index is 12.5. The van der Waals surface area contributed by atoms with E-state index in [0.717, 1.165) is 24.6 Å². The van der Waals surface area contributed by atoms with E-state index in [0.29, 0.717) is 18.9 Å². The number of hydrogen-bond acceptors (Lipinski definition) is 3. The zero-order chi connectivity index (χ0) is 15.0. The lowest BCUT2D eigenvalue weighted by atomic mass is 9.48. The molecule has 0 amide bonds. The number of rotatable bonds is 3. The maximum Gasteiger partial charge on any atom is 0.319 e. The summed E-state index contributed by atoms with van der Waals surface area (Å²) in [5.74, 6) is 0.430. The Hall–Kier alpha value is -0.380. The molecular weight excluding hydrogens is 320 g/mol. The summed E-state index contributed by atoms with van der Waals surface area (Å²) in [6.45, 7) is 6.24. The van der Waals surface area contributed by atoms with E-state index < -0.39 is 5.41 Å². The normalized spacial score (nSPS) is 41.1. The van der Waals surface area contributed by atoms with Crippen LogP contribution < -0.4 is 0 Å². The first-order valence-electron chi connectivity index (χ1n) is 7.67. The number of fused-ring (bicyclic) bond motifs is 1. The van der Waals surface area contributed by atoms with Gasteiger partial charge in [0.2, 0.25) is 0 Å². The quantitative estimate of drug-likeness (QED) is 0.445. The van der Waals surface area contributed by atoms with E-state index in [1.54, 1.807) is 6.92 Å². The van der Waals surface area contributed by atoms with Gasteiger partial charge in [-0.15, -0.1) is 0 Å². The highest BCUT2D eigenvalue weighted by atomic mass is 79.9. The molecule has 2 fully saturated rings. The predicted octanol–water partition coefficient (Wildman–Crippen LogP) is 3.74. The van der Waals surface area contributed by atoms with Gasteiger partial charge in [0, 0.05) is 11.8 Å². The molecule has 0 unspecified atom stereocenters. The van der Waals surface area contributed by atoms with Crippen LogP contribution in [-0.4, -0.2) is 23.7 Å². The Morgan fingerprint density at radius 2 is 2.10 bits per heavy atom. The van der Waals surface area contributed by atoms with Crippen molar-refractivity contribution in [1.29, 1.82) is 0 Å². The summed E-state index contributed by atoms with van der Waals surface area (Å²) in [6.07, 6.45) is 4.65. The van der Waals surface area contributed by atoms with Crippen LogP contribution >= 0.6 is 15.9 Å². The lowest BCUT2D eigenvalue weighted by Gasteiger charge is -2.55. The minimum absolute atomic E-state index is 0.0666. The second-order valence-electron chi connectivity index (χ2n) is 6.69. The van der Waals surface area contributed by atoms with E-state index in [9.17, 15) is 9.59 Å². The highest BCUT2D eigenvalue weighted by molar-refractivity contribution is 9.09. The van der Waals surface area contributed by atoms with E-state index in [2.05, 4.69) is 22.9 Å². The van der Waals surface area contributed by atoms with Gasteiger partial charge >= 0.3 is 5.97 Å². The average molecular weight is 345 g/mol. The van der Waals surface area contributed by atoms with Crippen molar-refractivity contribution < 1.29 is 14.3 Å². The molecule has 2 aliphatic rings. The fourth-order valence-electron chi connectivity index (χ4n) is 4.47. The fraction of sp³-hybridized carbons (Fsp3) is 0.875. The van der Waals surface area contributed by atoms with Crippen LogP contribution in [0.3, 0.4) is 0 Å². The average Bonchev–Trinajstić information content (AvgIpc) is 2.43. The summed E-state index contributed by atoms with van der Waals surface area (Å²) >= 11 is 3.63. The van der Waals surface area contributed by atoms with Crippen LogP contribution in [-0.2, 0) is 14.3 Å². The van der Waals surface area contributed by atoms with Gasteiger partial charge in [-0.05, 0) is 50.4 Å². The number of halogens is 1. The summed E-state index contributed by atoms with van der Waals surface area (Å²) in [4.78, 5) is 25.0. The van der Waals surface area contributed by atoms with Crippen molar-refractivity contribution in [3.63, 3.8) is 0 Å². The summed E-state index contributed by atoms with van der Waals surface area (Å²) < 4.78 is 5.25. The summed E-state index contributed by atoms with van der Waals surface area (Å²) in [5.41, 5.74) is -0.874. The van der Waals surface area contributed by atoms with Gasteiger partial charge < -0.3 is 4.74 Å². The van der Waals surface area contributed by atoms with Crippen LogP contribution in [0.1, 0.15) is 52.9 Å². The van der Waals surface area contributed by atoms with E-state index in [1.807, 2.05) is 6.92 Å². The number of Topliss-reactive ketones (excluding diaryl/α,β-unsaturated/α-hetero) is 1. The third-order valence-electron chi connectivity index (χ3n) is 5.83. The molecule has 0 N–H and O–H groups in total. The highest BCUT2D eigenvalue weighted by Gasteiger charge is 2.60. The minimum atomic E-state index is -0.941. The molecule has 0 radical (unpaired) electrons. The molecule has 2 aliphatic carbocycles. The Kier molecular flexibility index (Phi) is 4.63. The van der Waals surface area contributed by atoms with Crippen molar-refractivity contribution in [2.45, 2.75) is 52.9 Å². The fourth-order valence-corrected chi connectivity index (χ4v) is 5.53. The maximum absolute atomic E-state index is 12.5. The van der Waals surface area contributed by atoms with E-state index >= 15 is 0 Å². The Labute approximate surface area is 130 Å². The van der Waals surface area contributed by atoms with E-state index in [-0.39, 0.29) is 23.1 Å². The Balaban J connectivity index is 2.40. The number of esters is 1. The third-order valence-corrected chi connectivity index (χ3v) is 6.61. The largest absolute Gasteiger partial charge is 0.465 e. The predicted molar refractivity (Wildman–Crippen MR) is 81.7 cm³/mol. The zero-order valence-corrected chi connectivity index (χ0v) is 14.3. The zero-order valence-electron chi connectivity index (χ0n) is 12.7. The second kappa shape index (κ2) is 5.78. The van der Waals surface area contributed by atoms with Crippen LogP contribution in [0.4, 0.5) is 0 Å². The first-order chi connectivity index (χ1) is 9.41. The number of hydrogen-bond donors (Lipinski definition) is 0. The Bertz CT molecular complexity index is 409. The highest BCUT2D eigenvalue weighted by Crippen LogP contribution is 2.59. The van der Waals surface area contributed by atoms with Gasteiger partial charge in [0.1, 0.15) is 11.2 Å². The van der Waals surface area contributed by atoms with E-state index in [1.165, 1.54) is 6.42 Å². The molecule has 4 heteroatoms. The molecule has 0 bridgehead atoms. The topological polar surface area (TPSA) is 43.4 Å².